The Hall–Kier alpha value is -1.00. The van der Waals surface area contributed by atoms with Crippen molar-refractivity contribution >= 4 is 11.6 Å². The third kappa shape index (κ3) is 1.74. The van der Waals surface area contributed by atoms with E-state index in [0.717, 1.165) is 24.8 Å². The smallest absolute Gasteiger partial charge is 0.155 e. The lowest BCUT2D eigenvalue weighted by molar-refractivity contribution is -0.186. The summed E-state index contributed by atoms with van der Waals surface area (Å²) in [5.74, 6) is 0.468. The molecular weight excluding hydrogens is 292 g/mol. The van der Waals surface area contributed by atoms with Gasteiger partial charge in [0.15, 0.2) is 5.78 Å². The maximum Gasteiger partial charge on any atom is 0.155 e. The molecule has 126 valence electrons. The third-order valence-corrected chi connectivity index (χ3v) is 7.88. The minimum Gasteiger partial charge on any atom is -0.389 e. The van der Waals surface area contributed by atoms with Crippen molar-refractivity contribution in [2.24, 2.45) is 22.7 Å². The molecule has 0 aromatic rings. The molecule has 23 heavy (non-hydrogen) atoms. The summed E-state index contributed by atoms with van der Waals surface area (Å²) in [6.45, 7) is 4.07. The second-order valence-electron chi connectivity index (χ2n) is 8.67. The van der Waals surface area contributed by atoms with Crippen molar-refractivity contribution in [2.45, 2.75) is 70.5 Å². The summed E-state index contributed by atoms with van der Waals surface area (Å²) in [4.78, 5) is 24.2. The zero-order chi connectivity index (χ0) is 16.6. The number of aliphatic hydroxyl groups is 2. The zero-order valence-corrected chi connectivity index (χ0v) is 14.0. The van der Waals surface area contributed by atoms with Crippen LogP contribution in [0.5, 0.6) is 0 Å². The second-order valence-corrected chi connectivity index (χ2v) is 8.67. The highest BCUT2D eigenvalue weighted by molar-refractivity contribution is 5.92. The van der Waals surface area contributed by atoms with Crippen molar-refractivity contribution in [3.63, 3.8) is 0 Å². The van der Waals surface area contributed by atoms with Gasteiger partial charge in [0, 0.05) is 12.8 Å². The van der Waals surface area contributed by atoms with E-state index in [2.05, 4.69) is 6.92 Å². The van der Waals surface area contributed by atoms with Crippen LogP contribution in [0.25, 0.3) is 0 Å². The summed E-state index contributed by atoms with van der Waals surface area (Å²) in [5, 5.41) is 22.2. The van der Waals surface area contributed by atoms with Gasteiger partial charge in [0.05, 0.1) is 17.1 Å². The van der Waals surface area contributed by atoms with E-state index in [4.69, 9.17) is 0 Å². The first-order valence-corrected chi connectivity index (χ1v) is 8.91. The summed E-state index contributed by atoms with van der Waals surface area (Å²) < 4.78 is 0. The summed E-state index contributed by atoms with van der Waals surface area (Å²) >= 11 is 0. The van der Waals surface area contributed by atoms with Gasteiger partial charge in [-0.05, 0) is 67.9 Å². The number of hydrogen-bond donors (Lipinski definition) is 2. The van der Waals surface area contributed by atoms with Crippen molar-refractivity contribution in [1.82, 2.24) is 0 Å². The van der Waals surface area contributed by atoms with Crippen molar-refractivity contribution in [2.75, 3.05) is 0 Å². The van der Waals surface area contributed by atoms with Crippen LogP contribution in [0.4, 0.5) is 0 Å². The Labute approximate surface area is 137 Å². The van der Waals surface area contributed by atoms with Gasteiger partial charge in [-0.25, -0.2) is 0 Å². The maximum absolute atomic E-state index is 12.4. The lowest BCUT2D eigenvalue weighted by atomic mass is 9.45. The number of aliphatic hydroxyl groups excluding tert-OH is 1. The van der Waals surface area contributed by atoms with Crippen LogP contribution in [0.1, 0.15) is 58.8 Å². The summed E-state index contributed by atoms with van der Waals surface area (Å²) in [6.07, 6.45) is 5.30. The van der Waals surface area contributed by atoms with Gasteiger partial charge in [0.1, 0.15) is 5.78 Å². The van der Waals surface area contributed by atoms with Crippen LogP contribution in [0, 0.1) is 22.7 Å². The van der Waals surface area contributed by atoms with Gasteiger partial charge in [-0.15, -0.1) is 0 Å². The number of fused-ring (bicyclic) bond motifs is 5. The summed E-state index contributed by atoms with van der Waals surface area (Å²) in [7, 11) is 0. The molecule has 4 rings (SSSR count). The van der Waals surface area contributed by atoms with Crippen LogP contribution in [0.3, 0.4) is 0 Å². The Balaban J connectivity index is 1.80. The van der Waals surface area contributed by atoms with Crippen LogP contribution < -0.4 is 0 Å². The highest BCUT2D eigenvalue weighted by atomic mass is 16.3. The molecule has 0 saturated heterocycles. The second kappa shape index (κ2) is 4.54. The molecule has 4 nitrogen and oxygen atoms in total. The number of Topliss-reactive ketones (excluding diaryl/α,β-unsaturated/α-hetero) is 1. The molecule has 0 aromatic carbocycles. The van der Waals surface area contributed by atoms with E-state index in [1.807, 2.05) is 6.92 Å². The van der Waals surface area contributed by atoms with E-state index < -0.39 is 17.1 Å². The number of carbonyl (C=O) groups is 2. The Bertz CT molecular complexity index is 623. The Kier molecular flexibility index (Phi) is 3.07. The monoisotopic (exact) mass is 318 g/mol. The van der Waals surface area contributed by atoms with Gasteiger partial charge in [-0.1, -0.05) is 6.92 Å². The van der Waals surface area contributed by atoms with E-state index in [-0.39, 0.29) is 28.8 Å². The number of ketones is 2. The van der Waals surface area contributed by atoms with Crippen LogP contribution in [-0.4, -0.2) is 33.5 Å². The molecule has 3 saturated carbocycles. The Morgan fingerprint density at radius 2 is 1.83 bits per heavy atom. The van der Waals surface area contributed by atoms with Gasteiger partial charge in [0.2, 0.25) is 0 Å². The van der Waals surface area contributed by atoms with Crippen LogP contribution in [0.15, 0.2) is 11.6 Å². The van der Waals surface area contributed by atoms with Gasteiger partial charge in [0.25, 0.3) is 0 Å². The zero-order valence-electron chi connectivity index (χ0n) is 14.0. The predicted octanol–water partition coefficient (Wildman–Crippen LogP) is 2.17. The minimum atomic E-state index is -0.996. The van der Waals surface area contributed by atoms with E-state index in [0.29, 0.717) is 25.7 Å². The highest BCUT2D eigenvalue weighted by Crippen LogP contribution is 2.65. The number of rotatable bonds is 0. The number of hydrogen-bond acceptors (Lipinski definition) is 4. The molecule has 0 unspecified atom stereocenters. The number of carbonyl (C=O) groups excluding carboxylic acids is 2. The summed E-state index contributed by atoms with van der Waals surface area (Å²) in [5.41, 5.74) is -1.01. The van der Waals surface area contributed by atoms with Crippen LogP contribution in [0.2, 0.25) is 0 Å². The van der Waals surface area contributed by atoms with Crippen LogP contribution in [-0.2, 0) is 9.59 Å². The molecule has 0 aliphatic heterocycles. The first kappa shape index (κ1) is 15.5. The molecular formula is C19H26O4. The molecule has 4 heteroatoms. The van der Waals surface area contributed by atoms with E-state index >= 15 is 0 Å². The maximum atomic E-state index is 12.4. The molecule has 0 aromatic heterocycles. The fourth-order valence-electron chi connectivity index (χ4n) is 6.33. The fraction of sp³-hybridized carbons (Fsp3) is 0.789. The first-order valence-electron chi connectivity index (χ1n) is 8.91. The first-order chi connectivity index (χ1) is 10.7. The van der Waals surface area contributed by atoms with E-state index in [9.17, 15) is 19.8 Å². The summed E-state index contributed by atoms with van der Waals surface area (Å²) in [6, 6.07) is 0. The largest absolute Gasteiger partial charge is 0.389 e. The normalized spacial score (nSPS) is 52.5. The van der Waals surface area contributed by atoms with E-state index in [1.165, 1.54) is 0 Å². The molecule has 0 radical (unpaired) electrons. The van der Waals surface area contributed by atoms with E-state index in [1.54, 1.807) is 6.08 Å². The SMILES string of the molecule is C[C@]12CCC(=O)C=C1[C@@H](O)C[C@@H]1[C@@H]2CC[C@]2(C)C(=O)CC[C@@]12O. The standard InChI is InChI=1S/C19H26O4/c1-17-6-3-11(20)9-14(17)15(21)10-13-12(17)4-7-18(2)16(22)5-8-19(13,18)23/h9,12-13,15,21,23H,3-8,10H2,1-2H3/t12-,13+,15-,17+,18+,19+/m0/s1. The molecule has 0 bridgehead atoms. The molecule has 0 heterocycles. The highest BCUT2D eigenvalue weighted by Gasteiger charge is 2.67. The van der Waals surface area contributed by atoms with Gasteiger partial charge in [-0.2, -0.15) is 0 Å². The fourth-order valence-corrected chi connectivity index (χ4v) is 6.33. The molecule has 4 aliphatic rings. The van der Waals surface area contributed by atoms with Gasteiger partial charge < -0.3 is 10.2 Å². The van der Waals surface area contributed by atoms with Crippen molar-refractivity contribution in [3.8, 4) is 0 Å². The molecule has 2 N–H and O–H groups in total. The van der Waals surface area contributed by atoms with Crippen molar-refractivity contribution in [3.05, 3.63) is 11.6 Å². The lowest BCUT2D eigenvalue weighted by Gasteiger charge is -2.60. The molecule has 3 fully saturated rings. The van der Waals surface area contributed by atoms with Crippen molar-refractivity contribution < 1.29 is 19.8 Å². The molecule has 4 aliphatic carbocycles. The Morgan fingerprint density at radius 1 is 1.09 bits per heavy atom. The quantitative estimate of drug-likeness (QED) is 0.718. The molecule has 0 amide bonds. The Morgan fingerprint density at radius 3 is 2.57 bits per heavy atom. The topological polar surface area (TPSA) is 74.6 Å². The average Bonchev–Trinajstić information content (AvgIpc) is 2.74. The molecule has 6 atom stereocenters. The average molecular weight is 318 g/mol. The third-order valence-electron chi connectivity index (χ3n) is 7.88. The molecule has 0 spiro atoms. The van der Waals surface area contributed by atoms with Crippen LogP contribution >= 0.6 is 0 Å². The lowest BCUT2D eigenvalue weighted by Crippen LogP contribution is -2.62. The minimum absolute atomic E-state index is 0.0574. The van der Waals surface area contributed by atoms with Gasteiger partial charge >= 0.3 is 0 Å². The van der Waals surface area contributed by atoms with Gasteiger partial charge in [-0.3, -0.25) is 9.59 Å². The van der Waals surface area contributed by atoms with Crippen molar-refractivity contribution in [1.29, 1.82) is 0 Å². The predicted molar refractivity (Wildman–Crippen MR) is 84.6 cm³/mol.